The van der Waals surface area contributed by atoms with Crippen molar-refractivity contribution in [1.82, 2.24) is 10.6 Å². The average Bonchev–Trinajstić information content (AvgIpc) is 2.67. The zero-order valence-electron chi connectivity index (χ0n) is 13.9. The van der Waals surface area contributed by atoms with E-state index in [0.717, 1.165) is 19.5 Å². The van der Waals surface area contributed by atoms with Gasteiger partial charge in [0.05, 0.1) is 0 Å². The van der Waals surface area contributed by atoms with Gasteiger partial charge in [-0.1, -0.05) is 72.3 Å². The molecule has 0 aromatic heterocycles. The first kappa shape index (κ1) is 16.5. The van der Waals surface area contributed by atoms with E-state index in [1.165, 1.54) is 16.7 Å². The Hall–Kier alpha value is -2.39. The summed E-state index contributed by atoms with van der Waals surface area (Å²) in [6.45, 7) is 2.57. The summed E-state index contributed by atoms with van der Waals surface area (Å²) in [7, 11) is 0. The van der Waals surface area contributed by atoms with Crippen LogP contribution in [0.2, 0.25) is 0 Å². The molecule has 0 radical (unpaired) electrons. The molecule has 2 aromatic carbocycles. The molecule has 3 rings (SSSR count). The second-order valence-electron chi connectivity index (χ2n) is 6.17. The summed E-state index contributed by atoms with van der Waals surface area (Å²) in [4.78, 5) is 12.5. The Balaban J connectivity index is 1.67. The second-order valence-corrected chi connectivity index (χ2v) is 6.17. The van der Waals surface area contributed by atoms with Crippen LogP contribution < -0.4 is 10.6 Å². The van der Waals surface area contributed by atoms with E-state index in [0.29, 0.717) is 13.0 Å². The largest absolute Gasteiger partial charge is 0.352 e. The van der Waals surface area contributed by atoms with Crippen molar-refractivity contribution < 1.29 is 4.79 Å². The molecule has 2 aromatic rings. The first-order valence-electron chi connectivity index (χ1n) is 8.58. The van der Waals surface area contributed by atoms with Gasteiger partial charge in [-0.15, -0.1) is 0 Å². The van der Waals surface area contributed by atoms with E-state index in [1.54, 1.807) is 0 Å². The van der Waals surface area contributed by atoms with Crippen molar-refractivity contribution in [2.75, 3.05) is 19.6 Å². The lowest BCUT2D eigenvalue weighted by atomic mass is 9.88. The summed E-state index contributed by atoms with van der Waals surface area (Å²) in [6.07, 6.45) is 3.66. The Kier molecular flexibility index (Phi) is 5.80. The van der Waals surface area contributed by atoms with Crippen molar-refractivity contribution in [3.8, 4) is 0 Å². The second kappa shape index (κ2) is 8.46. The molecule has 2 N–H and O–H groups in total. The van der Waals surface area contributed by atoms with E-state index in [4.69, 9.17) is 0 Å². The zero-order valence-corrected chi connectivity index (χ0v) is 13.9. The molecular formula is C21H24N2O. The van der Waals surface area contributed by atoms with Crippen molar-refractivity contribution in [3.05, 3.63) is 83.4 Å². The zero-order chi connectivity index (χ0) is 16.6. The third-order valence-electron chi connectivity index (χ3n) is 4.46. The van der Waals surface area contributed by atoms with E-state index in [1.807, 2.05) is 36.4 Å². The van der Waals surface area contributed by atoms with Crippen LogP contribution in [-0.4, -0.2) is 25.5 Å². The Morgan fingerprint density at radius 2 is 1.62 bits per heavy atom. The Morgan fingerprint density at radius 1 is 1.00 bits per heavy atom. The van der Waals surface area contributed by atoms with Crippen LogP contribution in [0.1, 0.15) is 29.9 Å². The maximum absolute atomic E-state index is 12.5. The van der Waals surface area contributed by atoms with E-state index >= 15 is 0 Å². The molecule has 1 amide bonds. The molecule has 0 aliphatic carbocycles. The number of hydrogen-bond acceptors (Lipinski definition) is 2. The fraction of sp³-hybridized carbons (Fsp3) is 0.286. The summed E-state index contributed by atoms with van der Waals surface area (Å²) in [5, 5.41) is 6.38. The van der Waals surface area contributed by atoms with Gasteiger partial charge in [0.2, 0.25) is 5.91 Å². The van der Waals surface area contributed by atoms with Gasteiger partial charge in [0.25, 0.3) is 0 Å². The number of nitrogens with one attached hydrogen (secondary N) is 2. The number of hydrogen-bond donors (Lipinski definition) is 2. The monoisotopic (exact) mass is 320 g/mol. The van der Waals surface area contributed by atoms with Gasteiger partial charge < -0.3 is 10.6 Å². The molecule has 0 spiro atoms. The summed E-state index contributed by atoms with van der Waals surface area (Å²) in [5.41, 5.74) is 3.68. The lowest BCUT2D eigenvalue weighted by Gasteiger charge is -2.19. The molecule has 0 unspecified atom stereocenters. The van der Waals surface area contributed by atoms with Crippen LogP contribution in [0.4, 0.5) is 0 Å². The highest BCUT2D eigenvalue weighted by atomic mass is 16.1. The van der Waals surface area contributed by atoms with Crippen molar-refractivity contribution >= 4 is 5.91 Å². The van der Waals surface area contributed by atoms with Crippen LogP contribution in [0, 0.1) is 0 Å². The predicted octanol–water partition coefficient (Wildman–Crippen LogP) is 3.24. The van der Waals surface area contributed by atoms with Crippen molar-refractivity contribution in [3.63, 3.8) is 0 Å². The van der Waals surface area contributed by atoms with Crippen molar-refractivity contribution in [1.29, 1.82) is 0 Å². The molecule has 1 heterocycles. The quantitative estimate of drug-likeness (QED) is 0.802. The normalized spacial score (nSPS) is 14.3. The van der Waals surface area contributed by atoms with Gasteiger partial charge in [-0.05, 0) is 24.1 Å². The van der Waals surface area contributed by atoms with Crippen molar-refractivity contribution in [2.45, 2.75) is 18.8 Å². The molecule has 3 nitrogen and oxygen atoms in total. The summed E-state index contributed by atoms with van der Waals surface area (Å²) in [6, 6.07) is 20.5. The minimum Gasteiger partial charge on any atom is -0.352 e. The molecule has 24 heavy (non-hydrogen) atoms. The lowest BCUT2D eigenvalue weighted by Crippen LogP contribution is -2.30. The maximum atomic E-state index is 12.5. The first-order valence-corrected chi connectivity index (χ1v) is 8.58. The summed E-state index contributed by atoms with van der Waals surface area (Å²) in [5.74, 6) is 0.196. The van der Waals surface area contributed by atoms with Gasteiger partial charge in [0.15, 0.2) is 0 Å². The Labute approximate surface area is 143 Å². The van der Waals surface area contributed by atoms with Crippen molar-refractivity contribution in [2.24, 2.45) is 0 Å². The Morgan fingerprint density at radius 3 is 2.17 bits per heavy atom. The number of rotatable bonds is 6. The summed E-state index contributed by atoms with van der Waals surface area (Å²) >= 11 is 0. The van der Waals surface area contributed by atoms with E-state index < -0.39 is 0 Å². The average molecular weight is 320 g/mol. The number of amides is 1. The smallest absolute Gasteiger partial charge is 0.221 e. The van der Waals surface area contributed by atoms with Crippen LogP contribution in [0.15, 0.2) is 72.3 Å². The molecule has 124 valence electrons. The third kappa shape index (κ3) is 4.56. The molecule has 3 heteroatoms. The standard InChI is InChI=1S/C21H24N2O/c24-21(23-16-17-11-13-22-14-12-17)15-20(18-7-3-1-4-8-18)19-9-5-2-6-10-19/h1-11,20,22H,12-16H2,(H,23,24). The topological polar surface area (TPSA) is 41.1 Å². The number of carbonyl (C=O) groups excluding carboxylic acids is 1. The van der Waals surface area contributed by atoms with Gasteiger partial charge in [-0.25, -0.2) is 0 Å². The SMILES string of the molecule is O=C(CC(c1ccccc1)c1ccccc1)NCC1=CCNCC1. The molecular weight excluding hydrogens is 296 g/mol. The Bertz CT molecular complexity index is 640. The molecule has 0 atom stereocenters. The van der Waals surface area contributed by atoms with E-state index in [9.17, 15) is 4.79 Å². The molecule has 1 aliphatic heterocycles. The fourth-order valence-corrected chi connectivity index (χ4v) is 3.10. The molecule has 0 saturated heterocycles. The third-order valence-corrected chi connectivity index (χ3v) is 4.46. The highest BCUT2D eigenvalue weighted by Gasteiger charge is 2.18. The predicted molar refractivity (Wildman–Crippen MR) is 97.9 cm³/mol. The molecule has 0 fully saturated rings. The van der Waals surface area contributed by atoms with E-state index in [-0.39, 0.29) is 11.8 Å². The highest BCUT2D eigenvalue weighted by Crippen LogP contribution is 2.27. The molecule has 1 aliphatic rings. The molecule has 0 saturated carbocycles. The number of benzene rings is 2. The maximum Gasteiger partial charge on any atom is 0.221 e. The van der Waals surface area contributed by atoms with Crippen LogP contribution in [0.25, 0.3) is 0 Å². The summed E-state index contributed by atoms with van der Waals surface area (Å²) < 4.78 is 0. The van der Waals surface area contributed by atoms with Gasteiger partial charge >= 0.3 is 0 Å². The van der Waals surface area contributed by atoms with Crippen LogP contribution in [-0.2, 0) is 4.79 Å². The van der Waals surface area contributed by atoms with Gasteiger partial charge in [-0.3, -0.25) is 4.79 Å². The minimum atomic E-state index is 0.0920. The first-order chi connectivity index (χ1) is 11.8. The van der Waals surface area contributed by atoms with Gasteiger partial charge in [0, 0.05) is 25.4 Å². The fourth-order valence-electron chi connectivity index (χ4n) is 3.10. The van der Waals surface area contributed by atoms with Crippen LogP contribution >= 0.6 is 0 Å². The number of carbonyl (C=O) groups is 1. The van der Waals surface area contributed by atoms with Crippen LogP contribution in [0.3, 0.4) is 0 Å². The van der Waals surface area contributed by atoms with E-state index in [2.05, 4.69) is 41.0 Å². The highest BCUT2D eigenvalue weighted by molar-refractivity contribution is 5.77. The minimum absolute atomic E-state index is 0.0920. The van der Waals surface area contributed by atoms with Crippen LogP contribution in [0.5, 0.6) is 0 Å². The molecule has 0 bridgehead atoms. The lowest BCUT2D eigenvalue weighted by molar-refractivity contribution is -0.121. The van der Waals surface area contributed by atoms with Gasteiger partial charge in [-0.2, -0.15) is 0 Å². The van der Waals surface area contributed by atoms with Gasteiger partial charge in [0.1, 0.15) is 0 Å².